The monoisotopic (exact) mass is 236 g/mol. The van der Waals surface area contributed by atoms with Gasteiger partial charge in [-0.2, -0.15) is 0 Å². The van der Waals surface area contributed by atoms with E-state index in [2.05, 4.69) is 0 Å². The molecule has 0 aromatic carbocycles. The van der Waals surface area contributed by atoms with Crippen LogP contribution in [0.15, 0.2) is 22.8 Å². The van der Waals surface area contributed by atoms with E-state index in [1.165, 1.54) is 0 Å². The van der Waals surface area contributed by atoms with Crippen LogP contribution in [0, 0.1) is 5.41 Å². The summed E-state index contributed by atoms with van der Waals surface area (Å²) >= 11 is 0. The van der Waals surface area contributed by atoms with Gasteiger partial charge in [0.25, 0.3) is 0 Å². The zero-order valence-electron chi connectivity index (χ0n) is 10.5. The van der Waals surface area contributed by atoms with Crippen LogP contribution in [0.1, 0.15) is 32.4 Å². The number of hydrogen-bond donors (Lipinski definition) is 1. The summed E-state index contributed by atoms with van der Waals surface area (Å²) in [4.78, 5) is 14.3. The molecule has 2 rings (SSSR count). The zero-order valence-corrected chi connectivity index (χ0v) is 10.5. The number of carbonyl (C=O) groups is 1. The van der Waals surface area contributed by atoms with E-state index >= 15 is 0 Å². The van der Waals surface area contributed by atoms with E-state index in [1.54, 1.807) is 6.26 Å². The molecule has 1 aromatic rings. The van der Waals surface area contributed by atoms with Gasteiger partial charge < -0.3 is 15.1 Å². The van der Waals surface area contributed by atoms with E-state index in [4.69, 9.17) is 10.2 Å². The maximum Gasteiger partial charge on any atom is 0.230 e. The Kier molecular flexibility index (Phi) is 3.24. The first-order chi connectivity index (χ1) is 8.04. The fraction of sp³-hybridized carbons (Fsp3) is 0.615. The second kappa shape index (κ2) is 4.53. The van der Waals surface area contributed by atoms with Crippen molar-refractivity contribution in [1.29, 1.82) is 0 Å². The van der Waals surface area contributed by atoms with Gasteiger partial charge >= 0.3 is 0 Å². The highest BCUT2D eigenvalue weighted by molar-refractivity contribution is 5.82. The summed E-state index contributed by atoms with van der Waals surface area (Å²) in [6.45, 7) is 4.72. The Balaban J connectivity index is 2.10. The van der Waals surface area contributed by atoms with Crippen molar-refractivity contribution in [2.24, 2.45) is 11.1 Å². The molecular weight excluding hydrogens is 216 g/mol. The standard InChI is InChI=1S/C13H20N2O2/c1-13(2,9-14)12(16)15(10-5-6-10)8-11-4-3-7-17-11/h3-4,7,10H,5-6,8-9,14H2,1-2H3. The summed E-state index contributed by atoms with van der Waals surface area (Å²) in [5.41, 5.74) is 5.18. The van der Waals surface area contributed by atoms with E-state index in [9.17, 15) is 4.79 Å². The maximum absolute atomic E-state index is 12.4. The normalized spacial score (nSPS) is 15.9. The molecule has 0 saturated heterocycles. The summed E-state index contributed by atoms with van der Waals surface area (Å²) < 4.78 is 5.31. The van der Waals surface area contributed by atoms with Gasteiger partial charge in [-0.05, 0) is 38.8 Å². The van der Waals surface area contributed by atoms with Crippen LogP contribution < -0.4 is 5.73 Å². The smallest absolute Gasteiger partial charge is 0.230 e. The SMILES string of the molecule is CC(C)(CN)C(=O)N(Cc1ccco1)C1CC1. The molecule has 4 heteroatoms. The maximum atomic E-state index is 12.4. The molecule has 2 N–H and O–H groups in total. The van der Waals surface area contributed by atoms with Crippen LogP contribution in [0.25, 0.3) is 0 Å². The summed E-state index contributed by atoms with van der Waals surface area (Å²) in [5, 5.41) is 0. The molecule has 17 heavy (non-hydrogen) atoms. The minimum absolute atomic E-state index is 0.124. The molecule has 1 heterocycles. The molecule has 1 aliphatic carbocycles. The lowest BCUT2D eigenvalue weighted by atomic mass is 9.91. The number of amides is 1. The minimum Gasteiger partial charge on any atom is -0.467 e. The second-order valence-corrected chi connectivity index (χ2v) is 5.33. The third-order valence-electron chi connectivity index (χ3n) is 3.24. The van der Waals surface area contributed by atoms with Crippen LogP contribution in [0.4, 0.5) is 0 Å². The highest BCUT2D eigenvalue weighted by Crippen LogP contribution is 2.32. The Morgan fingerprint density at radius 2 is 2.29 bits per heavy atom. The molecule has 0 spiro atoms. The van der Waals surface area contributed by atoms with E-state index in [1.807, 2.05) is 30.9 Å². The van der Waals surface area contributed by atoms with Gasteiger partial charge in [-0.15, -0.1) is 0 Å². The van der Waals surface area contributed by atoms with E-state index < -0.39 is 5.41 Å². The van der Waals surface area contributed by atoms with Crippen molar-refractivity contribution in [2.75, 3.05) is 6.54 Å². The van der Waals surface area contributed by atoms with Crippen molar-refractivity contribution in [3.05, 3.63) is 24.2 Å². The zero-order chi connectivity index (χ0) is 12.5. The first kappa shape index (κ1) is 12.2. The average Bonchev–Trinajstić information content (AvgIpc) is 3.03. The number of nitrogens with zero attached hydrogens (tertiary/aromatic N) is 1. The van der Waals surface area contributed by atoms with Gasteiger partial charge in [0.2, 0.25) is 5.91 Å². The molecule has 1 amide bonds. The van der Waals surface area contributed by atoms with Gasteiger partial charge in [0.1, 0.15) is 5.76 Å². The summed E-state index contributed by atoms with van der Waals surface area (Å²) in [5.74, 6) is 0.956. The van der Waals surface area contributed by atoms with E-state index in [0.29, 0.717) is 19.1 Å². The van der Waals surface area contributed by atoms with Gasteiger partial charge in [0.05, 0.1) is 18.2 Å². The predicted octanol–water partition coefficient (Wildman–Crippen LogP) is 1.76. The molecule has 1 saturated carbocycles. The largest absolute Gasteiger partial charge is 0.467 e. The first-order valence-corrected chi connectivity index (χ1v) is 6.08. The van der Waals surface area contributed by atoms with E-state index in [0.717, 1.165) is 18.6 Å². The molecule has 0 bridgehead atoms. The third-order valence-corrected chi connectivity index (χ3v) is 3.24. The van der Waals surface area contributed by atoms with Crippen molar-refractivity contribution in [1.82, 2.24) is 4.90 Å². The topological polar surface area (TPSA) is 59.5 Å². The van der Waals surface area contributed by atoms with Gasteiger partial charge in [0, 0.05) is 12.6 Å². The van der Waals surface area contributed by atoms with Crippen LogP contribution in [0.3, 0.4) is 0 Å². The summed E-state index contributed by atoms with van der Waals surface area (Å²) in [6, 6.07) is 4.12. The summed E-state index contributed by atoms with van der Waals surface area (Å²) in [6.07, 6.45) is 3.82. The molecule has 1 aliphatic rings. The fourth-order valence-electron chi connectivity index (χ4n) is 1.80. The lowest BCUT2D eigenvalue weighted by molar-refractivity contribution is -0.141. The number of nitrogens with two attached hydrogens (primary N) is 1. The fourth-order valence-corrected chi connectivity index (χ4v) is 1.80. The average molecular weight is 236 g/mol. The molecule has 0 radical (unpaired) electrons. The Morgan fingerprint density at radius 3 is 2.76 bits per heavy atom. The Bertz CT molecular complexity index is 380. The third kappa shape index (κ3) is 2.69. The van der Waals surface area contributed by atoms with Gasteiger partial charge in [0.15, 0.2) is 0 Å². The molecule has 94 valence electrons. The van der Waals surface area contributed by atoms with Gasteiger partial charge in [-0.1, -0.05) is 0 Å². The van der Waals surface area contributed by atoms with Crippen LogP contribution in [0.2, 0.25) is 0 Å². The Labute approximate surface area is 102 Å². The Hall–Kier alpha value is -1.29. The minimum atomic E-state index is -0.491. The Morgan fingerprint density at radius 1 is 1.59 bits per heavy atom. The van der Waals surface area contributed by atoms with Gasteiger partial charge in [-0.3, -0.25) is 4.79 Å². The molecule has 1 fully saturated rings. The quantitative estimate of drug-likeness (QED) is 0.847. The van der Waals surface area contributed by atoms with Crippen molar-refractivity contribution in [3.8, 4) is 0 Å². The van der Waals surface area contributed by atoms with Crippen molar-refractivity contribution in [3.63, 3.8) is 0 Å². The van der Waals surface area contributed by atoms with Crippen LogP contribution >= 0.6 is 0 Å². The second-order valence-electron chi connectivity index (χ2n) is 5.33. The molecule has 4 nitrogen and oxygen atoms in total. The predicted molar refractivity (Wildman–Crippen MR) is 65.1 cm³/mol. The van der Waals surface area contributed by atoms with Crippen LogP contribution in [-0.2, 0) is 11.3 Å². The van der Waals surface area contributed by atoms with Gasteiger partial charge in [-0.25, -0.2) is 0 Å². The van der Waals surface area contributed by atoms with Crippen molar-refractivity contribution in [2.45, 2.75) is 39.3 Å². The number of rotatable bonds is 5. The lowest BCUT2D eigenvalue weighted by Gasteiger charge is -2.30. The first-order valence-electron chi connectivity index (χ1n) is 6.08. The molecule has 0 atom stereocenters. The summed E-state index contributed by atoms with van der Waals surface area (Å²) in [7, 11) is 0. The highest BCUT2D eigenvalue weighted by Gasteiger charge is 2.39. The van der Waals surface area contributed by atoms with Crippen LogP contribution in [-0.4, -0.2) is 23.4 Å². The molecule has 0 unspecified atom stereocenters. The highest BCUT2D eigenvalue weighted by atomic mass is 16.3. The molecule has 1 aromatic heterocycles. The van der Waals surface area contributed by atoms with Crippen molar-refractivity contribution < 1.29 is 9.21 Å². The number of carbonyl (C=O) groups excluding carboxylic acids is 1. The van der Waals surface area contributed by atoms with Crippen LogP contribution in [0.5, 0.6) is 0 Å². The number of hydrogen-bond acceptors (Lipinski definition) is 3. The van der Waals surface area contributed by atoms with E-state index in [-0.39, 0.29) is 5.91 Å². The van der Waals surface area contributed by atoms with Crippen molar-refractivity contribution >= 4 is 5.91 Å². The number of furan rings is 1. The molecule has 0 aliphatic heterocycles. The molecular formula is C13H20N2O2. The lowest BCUT2D eigenvalue weighted by Crippen LogP contribution is -2.45.